The average Bonchev–Trinajstić information content (AvgIpc) is 3.49. The number of likely N-dealkylation sites (tertiary alicyclic amines) is 1. The number of carbonyl (C=O) groups excluding carboxylic acids is 1. The molecule has 1 amide bonds. The SMILES string of the molecule is C#Cc1c(F)ccc2cc(OCOC)cc(-c3ncc4c(N5CC6CCC(C5)N6C(=O)OC(C)(C)C)nc(CCCN5CCC(CC6CCNCC6)CC5)nc4c3F)c12. The van der Waals surface area contributed by atoms with Gasteiger partial charge in [-0.15, -0.1) is 6.42 Å². The third kappa shape index (κ3) is 8.96. The molecule has 0 aliphatic carbocycles. The molecule has 314 valence electrons. The van der Waals surface area contributed by atoms with Gasteiger partial charge < -0.3 is 29.3 Å². The Bertz CT molecular complexity index is 2200. The molecule has 8 rings (SSSR count). The van der Waals surface area contributed by atoms with E-state index in [0.717, 1.165) is 63.8 Å². The molecule has 2 atom stereocenters. The van der Waals surface area contributed by atoms with Crippen molar-refractivity contribution in [3.63, 3.8) is 0 Å². The Kier molecular flexibility index (Phi) is 12.2. The molecule has 13 heteroatoms. The van der Waals surface area contributed by atoms with Crippen LogP contribution in [0.2, 0.25) is 0 Å². The molecule has 2 unspecified atom stereocenters. The fourth-order valence-corrected chi connectivity index (χ4v) is 9.76. The molecular formula is C46H57F2N7O4. The summed E-state index contributed by atoms with van der Waals surface area (Å²) in [5, 5.41) is 4.88. The van der Waals surface area contributed by atoms with Crippen LogP contribution in [0.5, 0.6) is 5.75 Å². The zero-order valence-corrected chi connectivity index (χ0v) is 34.9. The number of aryl methyl sites for hydroxylation is 1. The number of fused-ring (bicyclic) bond motifs is 4. The third-order valence-corrected chi connectivity index (χ3v) is 12.6. The lowest BCUT2D eigenvalue weighted by Gasteiger charge is -2.42. The molecule has 4 aliphatic rings. The molecule has 0 radical (unpaired) electrons. The standard InChI is InChI=1S/C46H57F2N7O4/c1-6-35-38(47)12-9-31-23-34(58-28-57-5)24-36(40(31)35)42-41(48)43-37(25-50-42)44(54-26-32-10-11-33(27-54)55(32)45(56)59-46(2,3)4)52-39(51-43)8-7-19-53-20-15-30(16-21-53)22-29-13-17-49-18-14-29/h1,9,12,23-25,29-30,32-33,49H,7-8,10-11,13-22,26-28H2,2-5H3. The highest BCUT2D eigenvalue weighted by atomic mass is 19.1. The highest BCUT2D eigenvalue weighted by Gasteiger charge is 2.45. The molecule has 4 aromatic rings. The summed E-state index contributed by atoms with van der Waals surface area (Å²) in [7, 11) is 1.51. The van der Waals surface area contributed by atoms with Crippen LogP contribution >= 0.6 is 0 Å². The number of piperazine rings is 1. The van der Waals surface area contributed by atoms with Crippen molar-refractivity contribution in [3.8, 4) is 29.4 Å². The number of piperidine rings is 2. The van der Waals surface area contributed by atoms with Crippen molar-refractivity contribution >= 4 is 33.6 Å². The van der Waals surface area contributed by atoms with Crippen LogP contribution in [0.4, 0.5) is 19.4 Å². The predicted octanol–water partition coefficient (Wildman–Crippen LogP) is 7.71. The minimum atomic E-state index is -0.656. The summed E-state index contributed by atoms with van der Waals surface area (Å²) in [6.45, 7) is 12.0. The fourth-order valence-electron chi connectivity index (χ4n) is 9.76. The van der Waals surface area contributed by atoms with Crippen molar-refractivity contribution in [1.82, 2.24) is 30.1 Å². The van der Waals surface area contributed by atoms with E-state index in [9.17, 15) is 4.79 Å². The molecule has 4 aliphatic heterocycles. The van der Waals surface area contributed by atoms with Crippen molar-refractivity contribution < 1.29 is 27.8 Å². The maximum Gasteiger partial charge on any atom is 0.410 e. The van der Waals surface area contributed by atoms with Gasteiger partial charge in [0, 0.05) is 43.8 Å². The van der Waals surface area contributed by atoms with Crippen molar-refractivity contribution in [2.75, 3.05) is 64.6 Å². The lowest BCUT2D eigenvalue weighted by Crippen LogP contribution is -2.57. The number of nitrogens with zero attached hydrogens (tertiary/aromatic N) is 6. The number of ether oxygens (including phenoxy) is 3. The lowest BCUT2D eigenvalue weighted by atomic mass is 9.83. The van der Waals surface area contributed by atoms with Gasteiger partial charge in [-0.25, -0.2) is 23.5 Å². The first kappa shape index (κ1) is 41.1. The highest BCUT2D eigenvalue weighted by molar-refractivity contribution is 6.03. The van der Waals surface area contributed by atoms with E-state index in [1.54, 1.807) is 24.4 Å². The molecule has 4 fully saturated rings. The monoisotopic (exact) mass is 809 g/mol. The maximum absolute atomic E-state index is 17.4. The number of methoxy groups -OCH3 is 1. The second kappa shape index (κ2) is 17.5. The first-order valence-corrected chi connectivity index (χ1v) is 21.4. The summed E-state index contributed by atoms with van der Waals surface area (Å²) >= 11 is 0. The van der Waals surface area contributed by atoms with Crippen molar-refractivity contribution in [1.29, 1.82) is 0 Å². The number of nitrogens with one attached hydrogen (secondary N) is 1. The van der Waals surface area contributed by atoms with Gasteiger partial charge in [0.25, 0.3) is 0 Å². The van der Waals surface area contributed by atoms with Crippen LogP contribution in [-0.4, -0.2) is 108 Å². The third-order valence-electron chi connectivity index (χ3n) is 12.6. The Morgan fingerprint density at radius 3 is 2.42 bits per heavy atom. The van der Waals surface area contributed by atoms with Crippen LogP contribution < -0.4 is 15.0 Å². The number of amides is 1. The van der Waals surface area contributed by atoms with Crippen LogP contribution in [0, 0.1) is 35.8 Å². The topological polar surface area (TPSA) is 105 Å². The molecule has 2 aromatic heterocycles. The first-order chi connectivity index (χ1) is 28.5. The number of benzene rings is 2. The fraction of sp³-hybridized carbons (Fsp3) is 0.565. The number of carbonyl (C=O) groups is 1. The summed E-state index contributed by atoms with van der Waals surface area (Å²) in [6.07, 6.45) is 16.6. The Labute approximate surface area is 346 Å². The van der Waals surface area contributed by atoms with E-state index in [1.165, 1.54) is 45.3 Å². The second-order valence-electron chi connectivity index (χ2n) is 17.8. The van der Waals surface area contributed by atoms with Crippen molar-refractivity contribution in [2.24, 2.45) is 11.8 Å². The minimum absolute atomic E-state index is 0.00908. The van der Waals surface area contributed by atoms with Crippen molar-refractivity contribution in [3.05, 3.63) is 53.5 Å². The number of anilines is 1. The summed E-state index contributed by atoms with van der Waals surface area (Å²) in [5.41, 5.74) is -0.205. The maximum atomic E-state index is 17.4. The normalized spacial score (nSPS) is 20.7. The number of terminal acetylenes is 1. The van der Waals surface area contributed by atoms with Gasteiger partial charge in [-0.05, 0) is 140 Å². The summed E-state index contributed by atoms with van der Waals surface area (Å²) in [5.74, 6) is 4.41. The van der Waals surface area contributed by atoms with E-state index in [1.807, 2.05) is 25.7 Å². The van der Waals surface area contributed by atoms with Gasteiger partial charge in [-0.2, -0.15) is 0 Å². The number of halogens is 2. The molecule has 6 heterocycles. The van der Waals surface area contributed by atoms with E-state index in [2.05, 4.69) is 26.0 Å². The first-order valence-electron chi connectivity index (χ1n) is 21.4. The predicted molar refractivity (Wildman–Crippen MR) is 225 cm³/mol. The number of rotatable bonds is 11. The van der Waals surface area contributed by atoms with Gasteiger partial charge >= 0.3 is 6.09 Å². The smallest absolute Gasteiger partial charge is 0.410 e. The average molecular weight is 810 g/mol. The summed E-state index contributed by atoms with van der Waals surface area (Å²) < 4.78 is 49.3. The molecule has 2 aromatic carbocycles. The van der Waals surface area contributed by atoms with E-state index in [4.69, 9.17) is 30.6 Å². The van der Waals surface area contributed by atoms with Gasteiger partial charge in [0.15, 0.2) is 12.6 Å². The number of aromatic nitrogens is 3. The molecule has 2 bridgehead atoms. The van der Waals surface area contributed by atoms with Crippen LogP contribution in [0.1, 0.15) is 83.5 Å². The van der Waals surface area contributed by atoms with E-state index < -0.39 is 17.2 Å². The molecular weight excluding hydrogens is 753 g/mol. The van der Waals surface area contributed by atoms with E-state index in [0.29, 0.717) is 53.1 Å². The van der Waals surface area contributed by atoms with Gasteiger partial charge in [-0.3, -0.25) is 9.88 Å². The Hall–Kier alpha value is -4.64. The lowest BCUT2D eigenvalue weighted by molar-refractivity contribution is 0.0122. The number of pyridine rings is 1. The van der Waals surface area contributed by atoms with Crippen LogP contribution in [0.25, 0.3) is 32.9 Å². The van der Waals surface area contributed by atoms with Crippen LogP contribution in [0.15, 0.2) is 30.5 Å². The quantitative estimate of drug-likeness (QED) is 0.120. The van der Waals surface area contributed by atoms with Gasteiger partial charge in [0.2, 0.25) is 0 Å². The molecule has 1 N–H and O–H groups in total. The second-order valence-corrected chi connectivity index (χ2v) is 17.8. The largest absolute Gasteiger partial charge is 0.468 e. The van der Waals surface area contributed by atoms with Gasteiger partial charge in [0.05, 0.1) is 23.0 Å². The molecule has 59 heavy (non-hydrogen) atoms. The van der Waals surface area contributed by atoms with Gasteiger partial charge in [-0.1, -0.05) is 12.0 Å². The summed E-state index contributed by atoms with van der Waals surface area (Å²) in [6, 6.07) is 6.07. The Morgan fingerprint density at radius 2 is 1.73 bits per heavy atom. The zero-order chi connectivity index (χ0) is 41.3. The summed E-state index contributed by atoms with van der Waals surface area (Å²) in [4.78, 5) is 34.6. The number of hydrogen-bond donors (Lipinski definition) is 1. The highest BCUT2D eigenvalue weighted by Crippen LogP contribution is 2.40. The Balaban J connectivity index is 1.11. The molecule has 11 nitrogen and oxygen atoms in total. The number of hydrogen-bond acceptors (Lipinski definition) is 10. The van der Waals surface area contributed by atoms with Crippen molar-refractivity contribution in [2.45, 2.75) is 96.2 Å². The molecule has 0 spiro atoms. The van der Waals surface area contributed by atoms with Crippen LogP contribution in [0.3, 0.4) is 0 Å². The van der Waals surface area contributed by atoms with Crippen LogP contribution in [-0.2, 0) is 15.9 Å². The molecule has 4 saturated heterocycles. The Morgan fingerprint density at radius 1 is 1.00 bits per heavy atom. The minimum Gasteiger partial charge on any atom is -0.468 e. The zero-order valence-electron chi connectivity index (χ0n) is 34.9. The van der Waals surface area contributed by atoms with E-state index in [-0.39, 0.29) is 47.3 Å². The van der Waals surface area contributed by atoms with E-state index >= 15 is 8.78 Å². The molecule has 0 saturated carbocycles. The van der Waals surface area contributed by atoms with Gasteiger partial charge in [0.1, 0.15) is 40.0 Å².